The summed E-state index contributed by atoms with van der Waals surface area (Å²) in [5.74, 6) is -0.865. The van der Waals surface area contributed by atoms with Gasteiger partial charge in [-0.15, -0.1) is 0 Å². The monoisotopic (exact) mass is 217 g/mol. The van der Waals surface area contributed by atoms with E-state index in [1.165, 1.54) is 0 Å². The lowest BCUT2D eigenvalue weighted by Crippen LogP contribution is -2.45. The van der Waals surface area contributed by atoms with Crippen molar-refractivity contribution in [3.63, 3.8) is 0 Å². The molecule has 0 rings (SSSR count). The predicted octanol–water partition coefficient (Wildman–Crippen LogP) is 1.64. The highest BCUT2D eigenvalue weighted by Gasteiger charge is 2.23. The molecule has 0 aromatic heterocycles. The number of rotatable bonds is 7. The second kappa shape index (κ2) is 6.08. The number of carboxylic acids is 1. The molecule has 0 spiro atoms. The zero-order valence-corrected chi connectivity index (χ0v) is 10.3. The first kappa shape index (κ1) is 14.4. The summed E-state index contributed by atoms with van der Waals surface area (Å²) >= 11 is 0. The molecule has 90 valence electrons. The van der Waals surface area contributed by atoms with Crippen molar-refractivity contribution in [3.05, 3.63) is 0 Å². The summed E-state index contributed by atoms with van der Waals surface area (Å²) in [4.78, 5) is 10.9. The molecular formula is C11H23NO3. The minimum Gasteiger partial charge on any atom is -0.480 e. The van der Waals surface area contributed by atoms with E-state index in [2.05, 4.69) is 5.32 Å². The topological polar surface area (TPSA) is 58.6 Å². The molecule has 0 amide bonds. The fourth-order valence-corrected chi connectivity index (χ4v) is 1.00. The van der Waals surface area contributed by atoms with Crippen LogP contribution in [0.25, 0.3) is 0 Å². The third kappa shape index (κ3) is 6.47. The van der Waals surface area contributed by atoms with Crippen LogP contribution < -0.4 is 5.32 Å². The van der Waals surface area contributed by atoms with E-state index in [-0.39, 0.29) is 18.2 Å². The van der Waals surface area contributed by atoms with Crippen LogP contribution in [0.4, 0.5) is 0 Å². The molecule has 4 nitrogen and oxygen atoms in total. The van der Waals surface area contributed by atoms with E-state index in [1.54, 1.807) is 0 Å². The van der Waals surface area contributed by atoms with E-state index in [9.17, 15) is 4.79 Å². The van der Waals surface area contributed by atoms with Gasteiger partial charge in [-0.2, -0.15) is 0 Å². The molecule has 0 saturated heterocycles. The van der Waals surface area contributed by atoms with E-state index in [1.807, 2.05) is 34.6 Å². The molecule has 0 aromatic rings. The van der Waals surface area contributed by atoms with Crippen LogP contribution in [-0.4, -0.2) is 35.4 Å². The summed E-state index contributed by atoms with van der Waals surface area (Å²) < 4.78 is 5.56. The average Bonchev–Trinajstić information content (AvgIpc) is 2.11. The lowest BCUT2D eigenvalue weighted by Gasteiger charge is -2.26. The Morgan fingerprint density at radius 3 is 2.33 bits per heavy atom. The van der Waals surface area contributed by atoms with Gasteiger partial charge in [0.15, 0.2) is 0 Å². The quantitative estimate of drug-likeness (QED) is 0.680. The summed E-state index contributed by atoms with van der Waals surface area (Å²) in [5.41, 5.74) is -0.258. The summed E-state index contributed by atoms with van der Waals surface area (Å²) in [7, 11) is 0. The molecule has 1 unspecified atom stereocenters. The number of ether oxygens (including phenoxy) is 1. The lowest BCUT2D eigenvalue weighted by atomic mass is 10.1. The first-order chi connectivity index (χ1) is 6.78. The standard InChI is InChI=1S/C11H23NO3/c1-6-11(4,5)15-7-9(10(13)14)12-8(2)3/h8-9,12H,6-7H2,1-5H3,(H,13,14). The van der Waals surface area contributed by atoms with Gasteiger partial charge in [0.25, 0.3) is 0 Å². The molecule has 1 atom stereocenters. The van der Waals surface area contributed by atoms with Gasteiger partial charge in [0.1, 0.15) is 6.04 Å². The normalized spacial score (nSPS) is 14.3. The minimum atomic E-state index is -0.865. The number of hydrogen-bond donors (Lipinski definition) is 2. The van der Waals surface area contributed by atoms with Crippen molar-refractivity contribution in [1.82, 2.24) is 5.32 Å². The lowest BCUT2D eigenvalue weighted by molar-refractivity contribution is -0.143. The average molecular weight is 217 g/mol. The van der Waals surface area contributed by atoms with Crippen LogP contribution in [0.1, 0.15) is 41.0 Å². The summed E-state index contributed by atoms with van der Waals surface area (Å²) in [6, 6.07) is -0.490. The van der Waals surface area contributed by atoms with Gasteiger partial charge < -0.3 is 15.2 Å². The van der Waals surface area contributed by atoms with Crippen molar-refractivity contribution >= 4 is 5.97 Å². The molecule has 15 heavy (non-hydrogen) atoms. The molecule has 0 aromatic carbocycles. The fourth-order valence-electron chi connectivity index (χ4n) is 1.00. The SMILES string of the molecule is CCC(C)(C)OCC(NC(C)C)C(=O)O. The van der Waals surface area contributed by atoms with Crippen molar-refractivity contribution in [2.45, 2.75) is 58.7 Å². The summed E-state index contributed by atoms with van der Waals surface area (Å²) in [6.07, 6.45) is 0.862. The number of carbonyl (C=O) groups is 1. The Bertz CT molecular complexity index is 202. The van der Waals surface area contributed by atoms with Crippen molar-refractivity contribution in [2.75, 3.05) is 6.61 Å². The molecule has 4 heteroatoms. The molecular weight excluding hydrogens is 194 g/mol. The number of carboxylic acid groups (broad SMARTS) is 1. The van der Waals surface area contributed by atoms with Crippen LogP contribution in [0.15, 0.2) is 0 Å². The van der Waals surface area contributed by atoms with Crippen LogP contribution in [0, 0.1) is 0 Å². The van der Waals surface area contributed by atoms with Gasteiger partial charge in [-0.1, -0.05) is 20.8 Å². The van der Waals surface area contributed by atoms with Gasteiger partial charge in [0.2, 0.25) is 0 Å². The van der Waals surface area contributed by atoms with Gasteiger partial charge >= 0.3 is 5.97 Å². The van der Waals surface area contributed by atoms with Gasteiger partial charge in [0.05, 0.1) is 12.2 Å². The maximum absolute atomic E-state index is 10.9. The Hall–Kier alpha value is -0.610. The Morgan fingerprint density at radius 2 is 2.00 bits per heavy atom. The van der Waals surface area contributed by atoms with Crippen molar-refractivity contribution in [1.29, 1.82) is 0 Å². The highest BCUT2D eigenvalue weighted by molar-refractivity contribution is 5.73. The van der Waals surface area contributed by atoms with E-state index >= 15 is 0 Å². The summed E-state index contributed by atoms with van der Waals surface area (Å²) in [5, 5.41) is 11.9. The van der Waals surface area contributed by atoms with E-state index in [0.717, 1.165) is 6.42 Å². The second-order valence-electron chi connectivity index (χ2n) is 4.64. The number of hydrogen-bond acceptors (Lipinski definition) is 3. The van der Waals surface area contributed by atoms with Crippen molar-refractivity contribution in [3.8, 4) is 0 Å². The smallest absolute Gasteiger partial charge is 0.323 e. The molecule has 0 bridgehead atoms. The van der Waals surface area contributed by atoms with Crippen molar-refractivity contribution in [2.24, 2.45) is 0 Å². The van der Waals surface area contributed by atoms with Crippen LogP contribution in [0.2, 0.25) is 0 Å². The first-order valence-corrected chi connectivity index (χ1v) is 5.41. The zero-order chi connectivity index (χ0) is 12.1. The van der Waals surface area contributed by atoms with E-state index in [4.69, 9.17) is 9.84 Å². The van der Waals surface area contributed by atoms with Crippen molar-refractivity contribution < 1.29 is 14.6 Å². The van der Waals surface area contributed by atoms with Gasteiger partial charge in [-0.25, -0.2) is 0 Å². The van der Waals surface area contributed by atoms with E-state index < -0.39 is 12.0 Å². The molecule has 0 aliphatic heterocycles. The molecule has 2 N–H and O–H groups in total. The Balaban J connectivity index is 4.13. The first-order valence-electron chi connectivity index (χ1n) is 5.41. The summed E-state index contributed by atoms with van der Waals surface area (Å²) in [6.45, 7) is 9.98. The molecule has 0 aliphatic carbocycles. The fraction of sp³-hybridized carbons (Fsp3) is 0.909. The molecule has 0 saturated carbocycles. The largest absolute Gasteiger partial charge is 0.480 e. The number of nitrogens with one attached hydrogen (secondary N) is 1. The number of aliphatic carboxylic acids is 1. The van der Waals surface area contributed by atoms with Gasteiger partial charge in [0, 0.05) is 6.04 Å². The third-order valence-electron chi connectivity index (χ3n) is 2.32. The minimum absolute atomic E-state index is 0.138. The van der Waals surface area contributed by atoms with Crippen LogP contribution in [0.5, 0.6) is 0 Å². The maximum Gasteiger partial charge on any atom is 0.323 e. The van der Waals surface area contributed by atoms with Gasteiger partial charge in [-0.3, -0.25) is 4.79 Å². The van der Waals surface area contributed by atoms with E-state index in [0.29, 0.717) is 0 Å². The highest BCUT2D eigenvalue weighted by Crippen LogP contribution is 2.13. The Morgan fingerprint density at radius 1 is 1.47 bits per heavy atom. The Labute approximate surface area is 92.0 Å². The van der Waals surface area contributed by atoms with Crippen LogP contribution in [-0.2, 0) is 9.53 Å². The molecule has 0 radical (unpaired) electrons. The highest BCUT2D eigenvalue weighted by atomic mass is 16.5. The third-order valence-corrected chi connectivity index (χ3v) is 2.32. The molecule has 0 aliphatic rings. The molecule has 0 heterocycles. The molecule has 0 fully saturated rings. The van der Waals surface area contributed by atoms with Gasteiger partial charge in [-0.05, 0) is 20.3 Å². The van der Waals surface area contributed by atoms with Crippen LogP contribution >= 0.6 is 0 Å². The Kier molecular flexibility index (Phi) is 5.83. The predicted molar refractivity (Wildman–Crippen MR) is 60.0 cm³/mol. The zero-order valence-electron chi connectivity index (χ0n) is 10.3. The van der Waals surface area contributed by atoms with Crippen LogP contribution in [0.3, 0.4) is 0 Å². The second-order valence-corrected chi connectivity index (χ2v) is 4.64. The maximum atomic E-state index is 10.9.